The summed E-state index contributed by atoms with van der Waals surface area (Å²) in [5, 5.41) is 3.27. The zero-order valence-electron chi connectivity index (χ0n) is 15.1. The van der Waals surface area contributed by atoms with Crippen LogP contribution in [0.15, 0.2) is 18.2 Å². The number of esters is 1. The lowest BCUT2D eigenvalue weighted by molar-refractivity contribution is -0.121. The minimum Gasteiger partial charge on any atom is -0.461 e. The molecule has 6 nitrogen and oxygen atoms in total. The van der Waals surface area contributed by atoms with Crippen LogP contribution < -0.4 is 5.32 Å². The molecule has 140 valence electrons. The van der Waals surface area contributed by atoms with E-state index in [1.165, 1.54) is 24.6 Å². The third-order valence-corrected chi connectivity index (χ3v) is 4.81. The molecule has 0 radical (unpaired) electrons. The molecule has 0 unspecified atom stereocenters. The molecule has 0 spiro atoms. The summed E-state index contributed by atoms with van der Waals surface area (Å²) in [6.45, 7) is 5.51. The molecule has 1 aliphatic heterocycles. The molecule has 1 amide bonds. The molecule has 1 saturated heterocycles. The molecule has 2 heterocycles. The number of carbonyl (C=O) groups is 2. The van der Waals surface area contributed by atoms with Crippen molar-refractivity contribution in [3.63, 3.8) is 0 Å². The number of aromatic amines is 1. The maximum atomic E-state index is 13.7. The molecule has 0 bridgehead atoms. The number of H-pyrrole nitrogens is 1. The predicted molar refractivity (Wildman–Crippen MR) is 97.7 cm³/mol. The van der Waals surface area contributed by atoms with Gasteiger partial charge in [0.15, 0.2) is 0 Å². The van der Waals surface area contributed by atoms with Crippen LogP contribution in [0.1, 0.15) is 43.6 Å². The van der Waals surface area contributed by atoms with Gasteiger partial charge in [0.05, 0.1) is 18.3 Å². The van der Waals surface area contributed by atoms with Crippen LogP contribution >= 0.6 is 0 Å². The molecule has 1 aromatic carbocycles. The minimum absolute atomic E-state index is 0.131. The number of rotatable bonds is 5. The Balaban J connectivity index is 1.91. The van der Waals surface area contributed by atoms with Crippen molar-refractivity contribution in [1.29, 1.82) is 0 Å². The van der Waals surface area contributed by atoms with Gasteiger partial charge >= 0.3 is 5.97 Å². The number of hydrogen-bond donors (Lipinski definition) is 2. The molecule has 2 aromatic rings. The van der Waals surface area contributed by atoms with Gasteiger partial charge in [0, 0.05) is 10.9 Å². The lowest BCUT2D eigenvalue weighted by Crippen LogP contribution is -2.44. The van der Waals surface area contributed by atoms with Gasteiger partial charge in [-0.15, -0.1) is 0 Å². The highest BCUT2D eigenvalue weighted by molar-refractivity contribution is 6.11. The zero-order valence-corrected chi connectivity index (χ0v) is 15.1. The largest absolute Gasteiger partial charge is 0.461 e. The van der Waals surface area contributed by atoms with Crippen molar-refractivity contribution in [2.24, 2.45) is 0 Å². The number of amides is 1. The first-order valence-electron chi connectivity index (χ1n) is 9.04. The molecule has 0 saturated carbocycles. The molecule has 3 rings (SSSR count). The Labute approximate surface area is 151 Å². The van der Waals surface area contributed by atoms with E-state index in [9.17, 15) is 14.0 Å². The molecule has 1 atom stereocenters. The average molecular weight is 361 g/mol. The predicted octanol–water partition coefficient (Wildman–Crippen LogP) is 3.30. The number of fused-ring (bicyclic) bond motifs is 1. The third kappa shape index (κ3) is 3.72. The van der Waals surface area contributed by atoms with Crippen molar-refractivity contribution in [3.05, 3.63) is 29.7 Å². The lowest BCUT2D eigenvalue weighted by Gasteiger charge is -2.31. The average Bonchev–Trinajstić information content (AvgIpc) is 3.00. The normalized spacial score (nSPS) is 16.4. The highest BCUT2D eigenvalue weighted by Crippen LogP contribution is 2.29. The second-order valence-corrected chi connectivity index (χ2v) is 6.55. The fourth-order valence-electron chi connectivity index (χ4n) is 3.35. The Hall–Kier alpha value is -2.41. The summed E-state index contributed by atoms with van der Waals surface area (Å²) in [7, 11) is 0. The Bertz CT molecular complexity index is 812. The Morgan fingerprint density at radius 1 is 1.31 bits per heavy atom. The minimum atomic E-state index is -0.579. The molecule has 2 N–H and O–H groups in total. The first-order chi connectivity index (χ1) is 12.5. The van der Waals surface area contributed by atoms with Gasteiger partial charge in [-0.25, -0.2) is 9.18 Å². The van der Waals surface area contributed by atoms with Gasteiger partial charge in [-0.05, 0) is 58.0 Å². The second-order valence-electron chi connectivity index (χ2n) is 6.55. The molecule has 0 aliphatic carbocycles. The summed E-state index contributed by atoms with van der Waals surface area (Å²) >= 11 is 0. The number of carbonyl (C=O) groups excluding carboxylic acids is 2. The van der Waals surface area contributed by atoms with Gasteiger partial charge in [0.25, 0.3) is 0 Å². The summed E-state index contributed by atoms with van der Waals surface area (Å²) in [6, 6.07) is 3.81. The van der Waals surface area contributed by atoms with Crippen LogP contribution in [-0.4, -0.2) is 47.5 Å². The summed E-state index contributed by atoms with van der Waals surface area (Å²) in [4.78, 5) is 30.1. The number of benzene rings is 1. The van der Waals surface area contributed by atoms with Crippen LogP contribution in [0.3, 0.4) is 0 Å². The van der Waals surface area contributed by atoms with E-state index in [1.807, 2.05) is 6.92 Å². The quantitative estimate of drug-likeness (QED) is 0.802. The summed E-state index contributed by atoms with van der Waals surface area (Å²) in [5.41, 5.74) is 0.967. The number of likely N-dealkylation sites (tertiary alicyclic amines) is 1. The summed E-state index contributed by atoms with van der Waals surface area (Å²) in [6.07, 6.45) is 3.33. The van der Waals surface area contributed by atoms with Crippen LogP contribution in [0.5, 0.6) is 0 Å². The number of hydrogen-bond acceptors (Lipinski definition) is 4. The molecule has 7 heteroatoms. The molecular formula is C19H24FN3O3. The number of piperidine rings is 1. The molecule has 1 aromatic heterocycles. The Morgan fingerprint density at radius 3 is 2.73 bits per heavy atom. The number of aromatic nitrogens is 1. The van der Waals surface area contributed by atoms with Gasteiger partial charge in [-0.3, -0.25) is 9.69 Å². The van der Waals surface area contributed by atoms with Crippen molar-refractivity contribution >= 4 is 28.5 Å². The topological polar surface area (TPSA) is 74.4 Å². The van der Waals surface area contributed by atoms with E-state index in [-0.39, 0.29) is 29.9 Å². The van der Waals surface area contributed by atoms with Crippen molar-refractivity contribution in [2.75, 3.05) is 25.0 Å². The molecule has 1 aliphatic rings. The smallest absolute Gasteiger partial charge is 0.356 e. The SMILES string of the molecule is CCOC(=O)c1[nH]c2ccc(F)cc2c1NC(=O)[C@@H](C)N1CCCCC1. The first-order valence-corrected chi connectivity index (χ1v) is 9.04. The van der Waals surface area contributed by atoms with Gasteiger partial charge in [0.2, 0.25) is 5.91 Å². The standard InChI is InChI=1S/C19H24FN3O3/c1-3-26-19(25)17-16(14-11-13(20)7-8-15(14)21-17)22-18(24)12(2)23-9-5-4-6-10-23/h7-8,11-12,21H,3-6,9-10H2,1-2H3,(H,22,24)/t12-/m1/s1. The number of nitrogens with zero attached hydrogens (tertiary/aromatic N) is 1. The van der Waals surface area contributed by atoms with Gasteiger partial charge < -0.3 is 15.0 Å². The van der Waals surface area contributed by atoms with Crippen molar-refractivity contribution in [1.82, 2.24) is 9.88 Å². The van der Waals surface area contributed by atoms with E-state index in [0.29, 0.717) is 10.9 Å². The summed E-state index contributed by atoms with van der Waals surface area (Å²) < 4.78 is 18.8. The van der Waals surface area contributed by atoms with Gasteiger partial charge in [0.1, 0.15) is 11.5 Å². The third-order valence-electron chi connectivity index (χ3n) is 4.81. The first kappa shape index (κ1) is 18.4. The number of ether oxygens (including phenoxy) is 1. The van der Waals surface area contributed by atoms with Gasteiger partial charge in [-0.1, -0.05) is 6.42 Å². The van der Waals surface area contributed by atoms with Crippen LogP contribution in [0.2, 0.25) is 0 Å². The maximum Gasteiger partial charge on any atom is 0.356 e. The Morgan fingerprint density at radius 2 is 2.04 bits per heavy atom. The lowest BCUT2D eigenvalue weighted by atomic mass is 10.1. The molecule has 1 fully saturated rings. The highest BCUT2D eigenvalue weighted by atomic mass is 19.1. The second kappa shape index (κ2) is 7.86. The summed E-state index contributed by atoms with van der Waals surface area (Å²) in [5.74, 6) is -1.24. The van der Waals surface area contributed by atoms with E-state index in [4.69, 9.17) is 4.74 Å². The maximum absolute atomic E-state index is 13.7. The van der Waals surface area contributed by atoms with E-state index < -0.39 is 11.8 Å². The fraction of sp³-hybridized carbons (Fsp3) is 0.474. The van der Waals surface area contributed by atoms with E-state index >= 15 is 0 Å². The monoisotopic (exact) mass is 361 g/mol. The van der Waals surface area contributed by atoms with Crippen LogP contribution in [-0.2, 0) is 9.53 Å². The fourth-order valence-corrected chi connectivity index (χ4v) is 3.35. The highest BCUT2D eigenvalue weighted by Gasteiger charge is 2.26. The van der Waals surface area contributed by atoms with Gasteiger partial charge in [-0.2, -0.15) is 0 Å². The van der Waals surface area contributed by atoms with Crippen LogP contribution in [0, 0.1) is 5.82 Å². The van der Waals surface area contributed by atoms with E-state index in [1.54, 1.807) is 6.92 Å². The van der Waals surface area contributed by atoms with Crippen LogP contribution in [0.4, 0.5) is 10.1 Å². The number of halogens is 1. The van der Waals surface area contributed by atoms with Crippen LogP contribution in [0.25, 0.3) is 10.9 Å². The number of nitrogens with one attached hydrogen (secondary N) is 2. The van der Waals surface area contributed by atoms with E-state index in [0.717, 1.165) is 25.9 Å². The molecular weight excluding hydrogens is 337 g/mol. The molecule has 26 heavy (non-hydrogen) atoms. The zero-order chi connectivity index (χ0) is 18.7. The van der Waals surface area contributed by atoms with Crippen molar-refractivity contribution < 1.29 is 18.7 Å². The Kier molecular flexibility index (Phi) is 5.56. The van der Waals surface area contributed by atoms with Crippen molar-refractivity contribution in [2.45, 2.75) is 39.2 Å². The number of anilines is 1. The van der Waals surface area contributed by atoms with Crippen molar-refractivity contribution in [3.8, 4) is 0 Å². The van der Waals surface area contributed by atoms with E-state index in [2.05, 4.69) is 15.2 Å².